The van der Waals surface area contributed by atoms with E-state index in [-0.39, 0.29) is 0 Å². The van der Waals surface area contributed by atoms with Gasteiger partial charge in [-0.15, -0.1) is 0 Å². The number of hydrogen-bond donors (Lipinski definition) is 1. The van der Waals surface area contributed by atoms with Gasteiger partial charge < -0.3 is 5.11 Å². The van der Waals surface area contributed by atoms with E-state index in [0.29, 0.717) is 10.0 Å². The molecule has 0 fully saturated rings. The van der Waals surface area contributed by atoms with Gasteiger partial charge >= 0.3 is 5.97 Å². The van der Waals surface area contributed by atoms with Gasteiger partial charge in [-0.3, -0.25) is 0 Å². The maximum atomic E-state index is 11.3. The first kappa shape index (κ1) is 15.8. The maximum absolute atomic E-state index is 11.3. The Balaban J connectivity index is 2.80. The van der Waals surface area contributed by atoms with Crippen LogP contribution in [0.4, 0.5) is 0 Å². The Morgan fingerprint density at radius 3 is 1.86 bits per heavy atom. The molecule has 2 rings (SSSR count). The Hall–Kier alpha value is -1.61. The molecule has 0 spiro atoms. The molecule has 0 atom stereocenters. The zero-order chi connectivity index (χ0) is 15.9. The Kier molecular flexibility index (Phi) is 4.24. The number of aromatic carboxylic acids is 1. The largest absolute Gasteiger partial charge is 0.478 e. The van der Waals surface area contributed by atoms with Crippen LogP contribution in [-0.2, 0) is 0 Å². The lowest BCUT2D eigenvalue weighted by Crippen LogP contribution is -2.02. The number of carbonyl (C=O) groups is 1. The fourth-order valence-corrected chi connectivity index (χ4v) is 3.19. The van der Waals surface area contributed by atoms with E-state index in [4.69, 9.17) is 0 Å². The highest BCUT2D eigenvalue weighted by atomic mass is 79.9. The molecule has 2 aromatic rings. The Bertz CT molecular complexity index is 716. The van der Waals surface area contributed by atoms with E-state index in [1.807, 2.05) is 12.1 Å². The van der Waals surface area contributed by atoms with Crippen molar-refractivity contribution in [3.8, 4) is 11.1 Å². The van der Waals surface area contributed by atoms with Crippen molar-refractivity contribution in [2.45, 2.75) is 34.6 Å². The molecule has 0 heterocycles. The molecule has 0 unspecified atom stereocenters. The summed E-state index contributed by atoms with van der Waals surface area (Å²) in [7, 11) is 0. The Morgan fingerprint density at radius 1 is 0.905 bits per heavy atom. The minimum Gasteiger partial charge on any atom is -0.478 e. The summed E-state index contributed by atoms with van der Waals surface area (Å²) in [5, 5.41) is 9.30. The third-order valence-corrected chi connectivity index (χ3v) is 5.18. The standard InChI is InChI=1S/C18H19BrO2/c1-9-10(2)12(4)17(13(5)11(9)3)14-6-7-16(19)15(8-14)18(20)21/h6-8H,1-5H3,(H,20,21). The first-order chi connectivity index (χ1) is 9.75. The average molecular weight is 347 g/mol. The van der Waals surface area contributed by atoms with Crippen molar-refractivity contribution >= 4 is 21.9 Å². The molecule has 0 saturated heterocycles. The van der Waals surface area contributed by atoms with Gasteiger partial charge in [0.1, 0.15) is 0 Å². The van der Waals surface area contributed by atoms with Crippen LogP contribution in [0.25, 0.3) is 11.1 Å². The first-order valence-electron chi connectivity index (χ1n) is 6.85. The molecule has 3 heteroatoms. The summed E-state index contributed by atoms with van der Waals surface area (Å²) in [4.78, 5) is 11.3. The molecule has 21 heavy (non-hydrogen) atoms. The molecule has 0 amide bonds. The summed E-state index contributed by atoms with van der Waals surface area (Å²) in [6.45, 7) is 10.6. The summed E-state index contributed by atoms with van der Waals surface area (Å²) >= 11 is 3.30. The van der Waals surface area contributed by atoms with Gasteiger partial charge in [-0.25, -0.2) is 4.79 Å². The van der Waals surface area contributed by atoms with Crippen molar-refractivity contribution < 1.29 is 9.90 Å². The quantitative estimate of drug-likeness (QED) is 0.794. The topological polar surface area (TPSA) is 37.3 Å². The summed E-state index contributed by atoms with van der Waals surface area (Å²) < 4.78 is 0.606. The summed E-state index contributed by atoms with van der Waals surface area (Å²) in [6, 6.07) is 5.53. The van der Waals surface area contributed by atoms with E-state index in [2.05, 4.69) is 50.5 Å². The molecule has 110 valence electrons. The molecule has 0 radical (unpaired) electrons. The molecular weight excluding hydrogens is 328 g/mol. The van der Waals surface area contributed by atoms with Crippen molar-refractivity contribution in [1.29, 1.82) is 0 Å². The highest BCUT2D eigenvalue weighted by Crippen LogP contribution is 2.35. The van der Waals surface area contributed by atoms with Gasteiger partial charge in [0.2, 0.25) is 0 Å². The molecule has 0 aromatic heterocycles. The smallest absolute Gasteiger partial charge is 0.336 e. The number of carboxylic acid groups (broad SMARTS) is 1. The first-order valence-corrected chi connectivity index (χ1v) is 7.65. The van der Waals surface area contributed by atoms with Crippen LogP contribution in [-0.4, -0.2) is 11.1 Å². The summed E-state index contributed by atoms with van der Waals surface area (Å²) in [5.41, 5.74) is 8.68. The molecule has 0 aliphatic rings. The Morgan fingerprint density at radius 2 is 1.38 bits per heavy atom. The lowest BCUT2D eigenvalue weighted by molar-refractivity contribution is 0.0696. The van der Waals surface area contributed by atoms with Crippen molar-refractivity contribution in [1.82, 2.24) is 0 Å². The van der Waals surface area contributed by atoms with Crippen molar-refractivity contribution in [3.05, 3.63) is 56.1 Å². The molecule has 0 aliphatic heterocycles. The molecule has 0 bridgehead atoms. The van der Waals surface area contributed by atoms with E-state index < -0.39 is 5.97 Å². The minimum absolute atomic E-state index is 0.294. The second-order valence-electron chi connectivity index (χ2n) is 5.50. The minimum atomic E-state index is -0.917. The van der Waals surface area contributed by atoms with Crippen molar-refractivity contribution in [3.63, 3.8) is 0 Å². The fourth-order valence-electron chi connectivity index (χ4n) is 2.78. The maximum Gasteiger partial charge on any atom is 0.336 e. The molecule has 0 saturated carbocycles. The van der Waals surface area contributed by atoms with E-state index in [1.54, 1.807) is 6.07 Å². The van der Waals surface area contributed by atoms with Crippen LogP contribution < -0.4 is 0 Å². The SMILES string of the molecule is Cc1c(C)c(C)c(-c2ccc(Br)c(C(=O)O)c2)c(C)c1C. The summed E-state index contributed by atoms with van der Waals surface area (Å²) in [6.07, 6.45) is 0. The zero-order valence-electron chi connectivity index (χ0n) is 13.0. The van der Waals surface area contributed by atoms with E-state index in [1.165, 1.54) is 27.8 Å². The van der Waals surface area contributed by atoms with Gasteiger partial charge in [-0.1, -0.05) is 6.07 Å². The van der Waals surface area contributed by atoms with E-state index >= 15 is 0 Å². The third kappa shape index (κ3) is 2.62. The van der Waals surface area contributed by atoms with Crippen molar-refractivity contribution in [2.24, 2.45) is 0 Å². The van der Waals surface area contributed by atoms with Gasteiger partial charge in [0.15, 0.2) is 0 Å². The second kappa shape index (κ2) is 5.64. The van der Waals surface area contributed by atoms with Crippen LogP contribution in [0.2, 0.25) is 0 Å². The number of rotatable bonds is 2. The van der Waals surface area contributed by atoms with Crippen LogP contribution in [0.3, 0.4) is 0 Å². The molecule has 2 aromatic carbocycles. The van der Waals surface area contributed by atoms with Crippen molar-refractivity contribution in [2.75, 3.05) is 0 Å². The predicted molar refractivity (Wildman–Crippen MR) is 90.2 cm³/mol. The molecule has 2 nitrogen and oxygen atoms in total. The monoisotopic (exact) mass is 346 g/mol. The second-order valence-corrected chi connectivity index (χ2v) is 6.35. The molecule has 1 N–H and O–H groups in total. The normalized spacial score (nSPS) is 10.8. The highest BCUT2D eigenvalue weighted by Gasteiger charge is 2.16. The fraction of sp³-hybridized carbons (Fsp3) is 0.278. The van der Waals surface area contributed by atoms with Crippen LogP contribution in [0, 0.1) is 34.6 Å². The number of benzene rings is 2. The van der Waals surface area contributed by atoms with Gasteiger partial charge in [0.05, 0.1) is 5.56 Å². The third-order valence-electron chi connectivity index (χ3n) is 4.49. The highest BCUT2D eigenvalue weighted by molar-refractivity contribution is 9.10. The Labute approximate surface area is 134 Å². The number of halogens is 1. The number of carboxylic acids is 1. The lowest BCUT2D eigenvalue weighted by atomic mass is 9.86. The predicted octanol–water partition coefficient (Wildman–Crippen LogP) is 5.36. The van der Waals surface area contributed by atoms with Gasteiger partial charge in [-0.05, 0) is 102 Å². The van der Waals surface area contributed by atoms with Gasteiger partial charge in [0.25, 0.3) is 0 Å². The van der Waals surface area contributed by atoms with Crippen LogP contribution in [0.15, 0.2) is 22.7 Å². The van der Waals surface area contributed by atoms with Crippen LogP contribution >= 0.6 is 15.9 Å². The van der Waals surface area contributed by atoms with Gasteiger partial charge in [0, 0.05) is 4.47 Å². The zero-order valence-corrected chi connectivity index (χ0v) is 14.6. The van der Waals surface area contributed by atoms with E-state index in [9.17, 15) is 9.90 Å². The number of hydrogen-bond acceptors (Lipinski definition) is 1. The van der Waals surface area contributed by atoms with Gasteiger partial charge in [-0.2, -0.15) is 0 Å². The average Bonchev–Trinajstić information content (AvgIpc) is 2.44. The van der Waals surface area contributed by atoms with Crippen LogP contribution in [0.1, 0.15) is 38.2 Å². The molecule has 0 aliphatic carbocycles. The summed E-state index contributed by atoms with van der Waals surface area (Å²) in [5.74, 6) is -0.917. The van der Waals surface area contributed by atoms with E-state index in [0.717, 1.165) is 11.1 Å². The molecular formula is C18H19BrO2. The van der Waals surface area contributed by atoms with Crippen LogP contribution in [0.5, 0.6) is 0 Å². The lowest BCUT2D eigenvalue weighted by Gasteiger charge is -2.19.